The number of ether oxygens (including phenoxy) is 1. The molecule has 0 saturated carbocycles. The van der Waals surface area contributed by atoms with Gasteiger partial charge in [-0.2, -0.15) is 4.98 Å². The van der Waals surface area contributed by atoms with Crippen molar-refractivity contribution in [2.75, 3.05) is 29.8 Å². The van der Waals surface area contributed by atoms with Gasteiger partial charge in [-0.3, -0.25) is 9.78 Å². The van der Waals surface area contributed by atoms with E-state index < -0.39 is 16.1 Å². The number of aromatic nitrogens is 4. The summed E-state index contributed by atoms with van der Waals surface area (Å²) in [5, 5.41) is 0. The monoisotopic (exact) mass is 685 g/mol. The van der Waals surface area contributed by atoms with Crippen molar-refractivity contribution in [3.05, 3.63) is 82.8 Å². The van der Waals surface area contributed by atoms with Gasteiger partial charge >= 0.3 is 0 Å². The van der Waals surface area contributed by atoms with Gasteiger partial charge in [0.1, 0.15) is 12.4 Å². The number of hydrogen-bond donors (Lipinski definition) is 1. The fourth-order valence-corrected chi connectivity index (χ4v) is 7.24. The first-order chi connectivity index (χ1) is 23.0. The van der Waals surface area contributed by atoms with Crippen LogP contribution < -0.4 is 14.4 Å². The molecule has 1 atom stereocenters. The van der Waals surface area contributed by atoms with E-state index in [0.717, 1.165) is 23.2 Å². The molecule has 0 aliphatic carbocycles. The third-order valence-electron chi connectivity index (χ3n) is 8.40. The Morgan fingerprint density at radius 2 is 1.71 bits per heavy atom. The molecule has 1 aliphatic rings. The van der Waals surface area contributed by atoms with Gasteiger partial charge in [-0.25, -0.2) is 23.1 Å². The molecule has 2 aromatic carbocycles. The van der Waals surface area contributed by atoms with Crippen LogP contribution in [0.15, 0.2) is 59.8 Å². The number of benzene rings is 2. The van der Waals surface area contributed by atoms with E-state index in [1.54, 1.807) is 29.4 Å². The molecule has 0 spiro atoms. The van der Waals surface area contributed by atoms with Crippen LogP contribution in [0.1, 0.15) is 73.8 Å². The van der Waals surface area contributed by atoms with Crippen LogP contribution in [0.4, 0.5) is 11.8 Å². The fraction of sp³-hybridized carbons (Fsp3) is 0.432. The second kappa shape index (κ2) is 14.1. The molecule has 3 heterocycles. The van der Waals surface area contributed by atoms with E-state index in [1.165, 1.54) is 12.1 Å². The normalized spacial score (nSPS) is 16.2. The summed E-state index contributed by atoms with van der Waals surface area (Å²) in [5.74, 6) is 0.688. The molecule has 1 aliphatic heterocycles. The van der Waals surface area contributed by atoms with Gasteiger partial charge in [0.2, 0.25) is 11.8 Å². The van der Waals surface area contributed by atoms with E-state index >= 15 is 0 Å². The van der Waals surface area contributed by atoms with Crippen LogP contribution in [0.25, 0.3) is 11.3 Å². The summed E-state index contributed by atoms with van der Waals surface area (Å²) < 4.78 is 36.5. The van der Waals surface area contributed by atoms with Crippen molar-refractivity contribution in [2.45, 2.75) is 79.3 Å². The number of anilines is 2. The zero-order valence-corrected chi connectivity index (χ0v) is 30.7. The number of amides is 1. The molecule has 0 fully saturated rings. The average molecular weight is 686 g/mol. The number of fused-ring (bicyclic) bond motifs is 4. The molecule has 2 aromatic heterocycles. The molecule has 0 radical (unpaired) electrons. The second-order valence-electron chi connectivity index (χ2n) is 14.5. The van der Waals surface area contributed by atoms with E-state index in [-0.39, 0.29) is 52.7 Å². The zero-order valence-electron chi connectivity index (χ0n) is 29.9. The quantitative estimate of drug-likeness (QED) is 0.229. The highest BCUT2D eigenvalue weighted by molar-refractivity contribution is 7.92. The summed E-state index contributed by atoms with van der Waals surface area (Å²) in [6, 6.07) is 11.6. The highest BCUT2D eigenvalue weighted by atomic mass is 32.2. The number of carbonyl (C=O) groups is 1. The molecule has 11 nitrogen and oxygen atoms in total. The summed E-state index contributed by atoms with van der Waals surface area (Å²) in [4.78, 5) is 36.8. The molecule has 49 heavy (non-hydrogen) atoms. The van der Waals surface area contributed by atoms with Crippen molar-refractivity contribution >= 4 is 27.7 Å². The number of rotatable bonds is 7. The zero-order chi connectivity index (χ0) is 35.7. The van der Waals surface area contributed by atoms with Crippen LogP contribution in [0, 0.1) is 32.1 Å². The molecule has 1 amide bonds. The van der Waals surface area contributed by atoms with Gasteiger partial charge in [0, 0.05) is 30.3 Å². The maximum absolute atomic E-state index is 14.5. The van der Waals surface area contributed by atoms with E-state index in [1.807, 2.05) is 46.0 Å². The fourth-order valence-electron chi connectivity index (χ4n) is 6.25. The lowest BCUT2D eigenvalue weighted by atomic mass is 9.96. The van der Waals surface area contributed by atoms with Gasteiger partial charge in [0.25, 0.3) is 15.9 Å². The Labute approximate surface area is 290 Å². The van der Waals surface area contributed by atoms with Crippen LogP contribution in [0.3, 0.4) is 0 Å². The summed E-state index contributed by atoms with van der Waals surface area (Å²) in [6.07, 6.45) is 3.99. The first-order valence-corrected chi connectivity index (χ1v) is 18.0. The molecule has 260 valence electrons. The van der Waals surface area contributed by atoms with Gasteiger partial charge < -0.3 is 14.5 Å². The molecule has 12 heteroatoms. The summed E-state index contributed by atoms with van der Waals surface area (Å²) in [6.45, 7) is 17.5. The van der Waals surface area contributed by atoms with Crippen molar-refractivity contribution in [3.63, 3.8) is 0 Å². The molecule has 1 N–H and O–H groups in total. The topological polar surface area (TPSA) is 131 Å². The minimum absolute atomic E-state index is 0.0365. The minimum Gasteiger partial charge on any atom is -0.475 e. The van der Waals surface area contributed by atoms with Crippen molar-refractivity contribution in [1.29, 1.82) is 0 Å². The van der Waals surface area contributed by atoms with Gasteiger partial charge in [0.05, 0.1) is 41.3 Å². The third kappa shape index (κ3) is 8.36. The molecule has 5 rings (SSSR count). The molecular formula is C37H47N7O4S. The SMILES string of the molecule is Cc1cccc(C)c1-c1nc2nc(c1C)OC[C@@H](CC(C)C)N(Cc1cncc(N(C)CC(C)(C)C)n1)C(=O)c1cccc(c1)S(=O)(=O)N2. The minimum atomic E-state index is -4.18. The number of hydrogen-bond acceptors (Lipinski definition) is 9. The summed E-state index contributed by atoms with van der Waals surface area (Å²) in [7, 11) is -2.21. The van der Waals surface area contributed by atoms with E-state index in [4.69, 9.17) is 14.7 Å². The van der Waals surface area contributed by atoms with Crippen LogP contribution in [0.2, 0.25) is 0 Å². The van der Waals surface area contributed by atoms with E-state index in [9.17, 15) is 13.2 Å². The largest absolute Gasteiger partial charge is 0.475 e. The first kappa shape index (κ1) is 35.7. The van der Waals surface area contributed by atoms with Gasteiger partial charge in [-0.1, -0.05) is 58.9 Å². The lowest BCUT2D eigenvalue weighted by Gasteiger charge is -2.33. The first-order valence-electron chi connectivity index (χ1n) is 16.6. The molecule has 4 bridgehead atoms. The number of sulfonamides is 1. The molecule has 0 saturated heterocycles. The predicted molar refractivity (Wildman–Crippen MR) is 192 cm³/mol. The van der Waals surface area contributed by atoms with Crippen molar-refractivity contribution in [2.24, 2.45) is 11.3 Å². The predicted octanol–water partition coefficient (Wildman–Crippen LogP) is 6.59. The number of carbonyl (C=O) groups excluding carboxylic acids is 1. The highest BCUT2D eigenvalue weighted by Gasteiger charge is 2.30. The van der Waals surface area contributed by atoms with Crippen LogP contribution >= 0.6 is 0 Å². The number of nitrogens with one attached hydrogen (secondary N) is 1. The Bertz CT molecular complexity index is 1940. The lowest BCUT2D eigenvalue weighted by molar-refractivity contribution is 0.0549. The Kier molecular flexibility index (Phi) is 10.3. The molecule has 0 unspecified atom stereocenters. The van der Waals surface area contributed by atoms with Gasteiger partial charge in [-0.15, -0.1) is 0 Å². The number of aryl methyl sites for hydroxylation is 2. The second-order valence-corrected chi connectivity index (χ2v) is 16.2. The smallest absolute Gasteiger partial charge is 0.264 e. The van der Waals surface area contributed by atoms with Gasteiger partial charge in [0.15, 0.2) is 0 Å². The Morgan fingerprint density at radius 3 is 2.39 bits per heavy atom. The van der Waals surface area contributed by atoms with E-state index in [2.05, 4.69) is 54.2 Å². The van der Waals surface area contributed by atoms with Crippen molar-refractivity contribution in [3.8, 4) is 17.1 Å². The van der Waals surface area contributed by atoms with Crippen LogP contribution in [-0.2, 0) is 16.6 Å². The van der Waals surface area contributed by atoms with E-state index in [0.29, 0.717) is 29.2 Å². The Balaban J connectivity index is 1.65. The average Bonchev–Trinajstić information content (AvgIpc) is 3.02. The molecular weight excluding hydrogens is 639 g/mol. The van der Waals surface area contributed by atoms with Crippen molar-refractivity contribution < 1.29 is 17.9 Å². The van der Waals surface area contributed by atoms with Crippen molar-refractivity contribution in [1.82, 2.24) is 24.8 Å². The highest BCUT2D eigenvalue weighted by Crippen LogP contribution is 2.34. The summed E-state index contributed by atoms with van der Waals surface area (Å²) >= 11 is 0. The third-order valence-corrected chi connectivity index (χ3v) is 9.73. The standard InChI is InChI=1S/C37H47N7O4S/c1-23(2)16-29-21-48-34-26(5)33(32-24(3)12-10-13-25(32)4)40-36(41-34)42-49(46,47)30-15-11-14-27(17-30)35(45)44(29)20-28-18-38-19-31(39-28)43(9)22-37(6,7)8/h10-15,17-19,23,29H,16,20-22H2,1-9H3,(H,40,41,42)/t29-/m1/s1. The maximum atomic E-state index is 14.5. The lowest BCUT2D eigenvalue weighted by Crippen LogP contribution is -2.44. The Hall–Kier alpha value is -4.58. The van der Waals surface area contributed by atoms with Crippen LogP contribution in [-0.4, -0.2) is 65.4 Å². The summed E-state index contributed by atoms with van der Waals surface area (Å²) in [5.41, 5.74) is 4.95. The Morgan fingerprint density at radius 1 is 1.02 bits per heavy atom. The van der Waals surface area contributed by atoms with Gasteiger partial charge in [-0.05, 0) is 67.9 Å². The number of nitrogens with zero attached hydrogens (tertiary/aromatic N) is 6. The maximum Gasteiger partial charge on any atom is 0.264 e. The molecule has 4 aromatic rings. The van der Waals surface area contributed by atoms with Crippen LogP contribution in [0.5, 0.6) is 5.88 Å².